The summed E-state index contributed by atoms with van der Waals surface area (Å²) >= 11 is 9.69. The van der Waals surface area contributed by atoms with Crippen molar-refractivity contribution < 1.29 is 9.66 Å². The number of hydrogen-bond donors (Lipinski definition) is 1. The summed E-state index contributed by atoms with van der Waals surface area (Å²) in [6, 6.07) is 4.40. The first-order chi connectivity index (χ1) is 6.66. The highest BCUT2D eigenvalue weighted by Crippen LogP contribution is 2.34. The molecule has 0 saturated carbocycles. The summed E-state index contributed by atoms with van der Waals surface area (Å²) in [5, 5.41) is 10.8. The quantitative estimate of drug-likeness (QED) is 0.494. The predicted molar refractivity (Wildman–Crippen MR) is 57.5 cm³/mol. The van der Waals surface area contributed by atoms with E-state index < -0.39 is 4.92 Å². The maximum Gasteiger partial charge on any atom is 0.312 e. The van der Waals surface area contributed by atoms with Gasteiger partial charge < -0.3 is 4.74 Å². The second-order valence-electron chi connectivity index (χ2n) is 2.42. The molecule has 1 aromatic carbocycles. The Morgan fingerprint density at radius 2 is 2.29 bits per heavy atom. The minimum absolute atomic E-state index is 0.105. The summed E-state index contributed by atoms with van der Waals surface area (Å²) in [5.41, 5.74) is -0.126. The Morgan fingerprint density at radius 3 is 2.86 bits per heavy atom. The van der Waals surface area contributed by atoms with Gasteiger partial charge in [0.1, 0.15) is 0 Å². The number of rotatable bonds is 4. The van der Waals surface area contributed by atoms with E-state index in [9.17, 15) is 10.1 Å². The van der Waals surface area contributed by atoms with Crippen LogP contribution in [0.5, 0.6) is 5.75 Å². The number of para-hydroxylation sites is 1. The number of hydrogen-bond acceptors (Lipinski definition) is 4. The van der Waals surface area contributed by atoms with Crippen LogP contribution in [0, 0.1) is 10.1 Å². The monoisotopic (exact) mass is 233 g/mol. The Bertz CT molecular complexity index is 345. The molecule has 0 aromatic heterocycles. The minimum Gasteiger partial charge on any atom is -0.485 e. The van der Waals surface area contributed by atoms with Crippen molar-refractivity contribution in [3.05, 3.63) is 33.3 Å². The third-order valence-corrected chi connectivity index (χ3v) is 1.96. The lowest BCUT2D eigenvalue weighted by atomic mass is 10.3. The molecule has 0 amide bonds. The summed E-state index contributed by atoms with van der Waals surface area (Å²) in [5.74, 6) is 0.579. The first-order valence-electron chi connectivity index (χ1n) is 3.83. The maximum absolute atomic E-state index is 10.6. The van der Waals surface area contributed by atoms with E-state index in [4.69, 9.17) is 16.3 Å². The highest BCUT2D eigenvalue weighted by atomic mass is 35.5. The van der Waals surface area contributed by atoms with E-state index in [-0.39, 0.29) is 23.1 Å². The lowest BCUT2D eigenvalue weighted by Crippen LogP contribution is -2.01. The van der Waals surface area contributed by atoms with Crippen LogP contribution in [0.2, 0.25) is 5.02 Å². The molecule has 0 heterocycles. The highest BCUT2D eigenvalue weighted by molar-refractivity contribution is 7.80. The molecule has 0 fully saturated rings. The van der Waals surface area contributed by atoms with Crippen LogP contribution in [0.1, 0.15) is 0 Å². The first-order valence-corrected chi connectivity index (χ1v) is 4.84. The van der Waals surface area contributed by atoms with Gasteiger partial charge in [-0.3, -0.25) is 10.1 Å². The molecule has 0 N–H and O–H groups in total. The fourth-order valence-electron chi connectivity index (χ4n) is 0.932. The van der Waals surface area contributed by atoms with Gasteiger partial charge >= 0.3 is 5.69 Å². The molecule has 0 saturated heterocycles. The standard InChI is InChI=1S/C8H8ClNO3S/c9-6-2-1-3-7(10(11)12)8(6)13-4-5-14/h1-3,14H,4-5H2. The van der Waals surface area contributed by atoms with Crippen LogP contribution in [-0.2, 0) is 0 Å². The number of nitro benzene ring substituents is 1. The van der Waals surface area contributed by atoms with Crippen molar-refractivity contribution in [2.24, 2.45) is 0 Å². The van der Waals surface area contributed by atoms with E-state index in [0.717, 1.165) is 0 Å². The number of benzene rings is 1. The summed E-state index contributed by atoms with van der Waals surface area (Å²) in [7, 11) is 0. The van der Waals surface area contributed by atoms with Gasteiger partial charge in [-0.05, 0) is 6.07 Å². The first kappa shape index (κ1) is 11.1. The number of halogens is 1. The van der Waals surface area contributed by atoms with Crippen LogP contribution in [0.3, 0.4) is 0 Å². The van der Waals surface area contributed by atoms with Gasteiger partial charge in [0.2, 0.25) is 5.75 Å². The van der Waals surface area contributed by atoms with Gasteiger partial charge in [-0.1, -0.05) is 17.7 Å². The molecular weight excluding hydrogens is 226 g/mol. The molecule has 0 unspecified atom stereocenters. The van der Waals surface area contributed by atoms with Crippen molar-refractivity contribution in [1.29, 1.82) is 0 Å². The smallest absolute Gasteiger partial charge is 0.312 e. The zero-order valence-corrected chi connectivity index (χ0v) is 8.79. The summed E-state index contributed by atoms with van der Waals surface area (Å²) in [6.07, 6.45) is 0. The summed E-state index contributed by atoms with van der Waals surface area (Å²) in [4.78, 5) is 10.1. The van der Waals surface area contributed by atoms with Gasteiger partial charge in [0.15, 0.2) is 0 Å². The second kappa shape index (κ2) is 5.07. The highest BCUT2D eigenvalue weighted by Gasteiger charge is 2.17. The molecule has 0 aliphatic rings. The molecule has 14 heavy (non-hydrogen) atoms. The van der Waals surface area contributed by atoms with E-state index in [0.29, 0.717) is 5.75 Å². The molecule has 0 aliphatic carbocycles. The van der Waals surface area contributed by atoms with Crippen molar-refractivity contribution >= 4 is 29.9 Å². The van der Waals surface area contributed by atoms with Crippen LogP contribution in [0.25, 0.3) is 0 Å². The van der Waals surface area contributed by atoms with Crippen LogP contribution in [0.4, 0.5) is 5.69 Å². The summed E-state index contributed by atoms with van der Waals surface area (Å²) in [6.45, 7) is 0.285. The topological polar surface area (TPSA) is 52.4 Å². The Morgan fingerprint density at radius 1 is 1.57 bits per heavy atom. The van der Waals surface area contributed by atoms with E-state index in [1.807, 2.05) is 0 Å². The lowest BCUT2D eigenvalue weighted by molar-refractivity contribution is -0.385. The average Bonchev–Trinajstić information content (AvgIpc) is 2.15. The molecule has 76 valence electrons. The van der Waals surface area contributed by atoms with Crippen LogP contribution in [-0.4, -0.2) is 17.3 Å². The van der Waals surface area contributed by atoms with Crippen LogP contribution >= 0.6 is 24.2 Å². The van der Waals surface area contributed by atoms with Gasteiger partial charge in [-0.15, -0.1) is 0 Å². The fourth-order valence-corrected chi connectivity index (χ4v) is 1.25. The summed E-state index contributed by atoms with van der Waals surface area (Å²) < 4.78 is 5.13. The molecule has 4 nitrogen and oxygen atoms in total. The third kappa shape index (κ3) is 2.52. The van der Waals surface area contributed by atoms with E-state index in [1.54, 1.807) is 6.07 Å². The van der Waals surface area contributed by atoms with Crippen molar-refractivity contribution in [2.75, 3.05) is 12.4 Å². The van der Waals surface area contributed by atoms with Crippen LogP contribution in [0.15, 0.2) is 18.2 Å². The second-order valence-corrected chi connectivity index (χ2v) is 3.27. The van der Waals surface area contributed by atoms with Gasteiger partial charge in [-0.2, -0.15) is 12.6 Å². The molecular formula is C8H8ClNO3S. The molecule has 6 heteroatoms. The SMILES string of the molecule is O=[N+]([O-])c1cccc(Cl)c1OCCS. The van der Waals surface area contributed by atoms with Crippen molar-refractivity contribution in [3.63, 3.8) is 0 Å². The number of nitro groups is 1. The van der Waals surface area contributed by atoms with Gasteiger partial charge in [0, 0.05) is 11.8 Å². The largest absolute Gasteiger partial charge is 0.485 e. The normalized spacial score (nSPS) is 9.86. The Kier molecular flexibility index (Phi) is 4.03. The molecule has 1 rings (SSSR count). The minimum atomic E-state index is -0.528. The van der Waals surface area contributed by atoms with Crippen LogP contribution < -0.4 is 4.74 Å². The Labute approximate surface area is 91.4 Å². The van der Waals surface area contributed by atoms with Crippen molar-refractivity contribution in [1.82, 2.24) is 0 Å². The van der Waals surface area contributed by atoms with Crippen molar-refractivity contribution in [2.45, 2.75) is 0 Å². The zero-order chi connectivity index (χ0) is 10.6. The molecule has 0 spiro atoms. The van der Waals surface area contributed by atoms with Gasteiger partial charge in [-0.25, -0.2) is 0 Å². The Balaban J connectivity index is 3.02. The number of nitrogens with zero attached hydrogens (tertiary/aromatic N) is 1. The molecule has 0 radical (unpaired) electrons. The van der Waals surface area contributed by atoms with E-state index in [1.165, 1.54) is 12.1 Å². The molecule has 1 aromatic rings. The molecule has 0 atom stereocenters. The van der Waals surface area contributed by atoms with Crippen molar-refractivity contribution in [3.8, 4) is 5.75 Å². The number of thiol groups is 1. The fraction of sp³-hybridized carbons (Fsp3) is 0.250. The lowest BCUT2D eigenvalue weighted by Gasteiger charge is -2.06. The Hall–Kier alpha value is -0.940. The number of ether oxygens (including phenoxy) is 1. The van der Waals surface area contributed by atoms with E-state index >= 15 is 0 Å². The van der Waals surface area contributed by atoms with E-state index in [2.05, 4.69) is 12.6 Å². The average molecular weight is 234 g/mol. The molecule has 0 bridgehead atoms. The third-order valence-electron chi connectivity index (χ3n) is 1.48. The van der Waals surface area contributed by atoms with Gasteiger partial charge in [0.25, 0.3) is 0 Å². The zero-order valence-electron chi connectivity index (χ0n) is 7.14. The van der Waals surface area contributed by atoms with Gasteiger partial charge in [0.05, 0.1) is 16.6 Å². The molecule has 0 aliphatic heterocycles. The predicted octanol–water partition coefficient (Wildman–Crippen LogP) is 2.56. The maximum atomic E-state index is 10.6.